The van der Waals surface area contributed by atoms with Gasteiger partial charge in [0.1, 0.15) is 5.75 Å². The van der Waals surface area contributed by atoms with Crippen molar-refractivity contribution in [3.8, 4) is 5.75 Å². The van der Waals surface area contributed by atoms with Gasteiger partial charge in [-0.15, -0.1) is 0 Å². The van der Waals surface area contributed by atoms with E-state index >= 15 is 0 Å². The SMILES string of the molecule is Cc1cccc(OCCC(=O)N2CCN(CC(=O)NC(C)C)CC2)c1C. The molecule has 0 aromatic heterocycles. The van der Waals surface area contributed by atoms with E-state index in [2.05, 4.69) is 10.2 Å². The lowest BCUT2D eigenvalue weighted by Crippen LogP contribution is -2.51. The van der Waals surface area contributed by atoms with Gasteiger partial charge in [-0.25, -0.2) is 0 Å². The summed E-state index contributed by atoms with van der Waals surface area (Å²) in [5, 5.41) is 2.90. The van der Waals surface area contributed by atoms with E-state index in [4.69, 9.17) is 4.74 Å². The predicted octanol–water partition coefficient (Wildman–Crippen LogP) is 1.74. The second kappa shape index (κ2) is 9.57. The first kappa shape index (κ1) is 20.2. The van der Waals surface area contributed by atoms with Crippen molar-refractivity contribution in [3.63, 3.8) is 0 Å². The number of nitrogens with zero attached hydrogens (tertiary/aromatic N) is 2. The summed E-state index contributed by atoms with van der Waals surface area (Å²) >= 11 is 0. The molecule has 144 valence electrons. The topological polar surface area (TPSA) is 61.9 Å². The Kier molecular flexibility index (Phi) is 7.45. The van der Waals surface area contributed by atoms with Crippen LogP contribution in [0.3, 0.4) is 0 Å². The maximum Gasteiger partial charge on any atom is 0.234 e. The highest BCUT2D eigenvalue weighted by molar-refractivity contribution is 5.78. The molecule has 0 aliphatic carbocycles. The summed E-state index contributed by atoms with van der Waals surface area (Å²) in [6, 6.07) is 6.11. The molecule has 1 N–H and O–H groups in total. The Labute approximate surface area is 156 Å². The fourth-order valence-corrected chi connectivity index (χ4v) is 3.01. The Morgan fingerprint density at radius 2 is 1.85 bits per heavy atom. The zero-order chi connectivity index (χ0) is 19.1. The zero-order valence-electron chi connectivity index (χ0n) is 16.4. The van der Waals surface area contributed by atoms with E-state index in [9.17, 15) is 9.59 Å². The second-order valence-electron chi connectivity index (χ2n) is 7.18. The summed E-state index contributed by atoms with van der Waals surface area (Å²) in [5.74, 6) is 1.00. The average molecular weight is 361 g/mol. The van der Waals surface area contributed by atoms with Gasteiger partial charge in [-0.2, -0.15) is 0 Å². The van der Waals surface area contributed by atoms with Gasteiger partial charge in [0.2, 0.25) is 11.8 Å². The molecule has 2 amide bonds. The van der Waals surface area contributed by atoms with Crippen molar-refractivity contribution in [1.82, 2.24) is 15.1 Å². The Bertz CT molecular complexity index is 623. The van der Waals surface area contributed by atoms with Gasteiger partial charge in [0.25, 0.3) is 0 Å². The van der Waals surface area contributed by atoms with Gasteiger partial charge in [-0.3, -0.25) is 14.5 Å². The monoisotopic (exact) mass is 361 g/mol. The molecular formula is C20H31N3O3. The lowest BCUT2D eigenvalue weighted by molar-refractivity contribution is -0.133. The summed E-state index contributed by atoms with van der Waals surface area (Å²) < 4.78 is 5.78. The molecule has 0 atom stereocenters. The minimum atomic E-state index is 0.0432. The molecular weight excluding hydrogens is 330 g/mol. The van der Waals surface area contributed by atoms with Crippen LogP contribution in [0.4, 0.5) is 0 Å². The van der Waals surface area contributed by atoms with Crippen LogP contribution in [-0.2, 0) is 9.59 Å². The highest BCUT2D eigenvalue weighted by Crippen LogP contribution is 2.20. The van der Waals surface area contributed by atoms with Crippen LogP contribution < -0.4 is 10.1 Å². The standard InChI is InChI=1S/C20H31N3O3/c1-15(2)21-19(24)14-22-9-11-23(12-10-22)20(25)8-13-26-18-7-5-6-16(3)17(18)4/h5-7,15H,8-14H2,1-4H3,(H,21,24). The van der Waals surface area contributed by atoms with Crippen molar-refractivity contribution in [1.29, 1.82) is 0 Å². The number of hydrogen-bond acceptors (Lipinski definition) is 4. The highest BCUT2D eigenvalue weighted by Gasteiger charge is 2.22. The first-order chi connectivity index (χ1) is 12.4. The Hall–Kier alpha value is -2.08. The maximum atomic E-state index is 12.4. The number of ether oxygens (including phenoxy) is 1. The van der Waals surface area contributed by atoms with Gasteiger partial charge in [-0.05, 0) is 44.9 Å². The molecule has 2 rings (SSSR count). The van der Waals surface area contributed by atoms with Gasteiger partial charge in [0.15, 0.2) is 0 Å². The summed E-state index contributed by atoms with van der Waals surface area (Å²) in [4.78, 5) is 28.1. The molecule has 0 saturated carbocycles. The average Bonchev–Trinajstić information content (AvgIpc) is 2.58. The van der Waals surface area contributed by atoms with E-state index < -0.39 is 0 Å². The number of carbonyl (C=O) groups excluding carboxylic acids is 2. The minimum absolute atomic E-state index is 0.0432. The smallest absolute Gasteiger partial charge is 0.234 e. The van der Waals surface area contributed by atoms with Crippen molar-refractivity contribution in [3.05, 3.63) is 29.3 Å². The van der Waals surface area contributed by atoms with Crippen LogP contribution >= 0.6 is 0 Å². The van der Waals surface area contributed by atoms with Crippen molar-refractivity contribution < 1.29 is 14.3 Å². The minimum Gasteiger partial charge on any atom is -0.493 e. The second-order valence-corrected chi connectivity index (χ2v) is 7.18. The lowest BCUT2D eigenvalue weighted by atomic mass is 10.1. The summed E-state index contributed by atoms with van der Waals surface area (Å²) in [5.41, 5.74) is 2.31. The van der Waals surface area contributed by atoms with E-state index in [0.717, 1.165) is 24.4 Å². The highest BCUT2D eigenvalue weighted by atomic mass is 16.5. The van der Waals surface area contributed by atoms with Crippen molar-refractivity contribution in [2.75, 3.05) is 39.3 Å². The third kappa shape index (κ3) is 6.02. The zero-order valence-corrected chi connectivity index (χ0v) is 16.4. The molecule has 1 heterocycles. The lowest BCUT2D eigenvalue weighted by Gasteiger charge is -2.34. The van der Waals surface area contributed by atoms with Gasteiger partial charge < -0.3 is 15.0 Å². The first-order valence-electron chi connectivity index (χ1n) is 9.35. The number of benzene rings is 1. The van der Waals surface area contributed by atoms with Crippen molar-refractivity contribution in [2.45, 2.75) is 40.2 Å². The number of hydrogen-bond donors (Lipinski definition) is 1. The number of carbonyl (C=O) groups is 2. The summed E-state index contributed by atoms with van der Waals surface area (Å²) in [6.07, 6.45) is 0.376. The first-order valence-corrected chi connectivity index (χ1v) is 9.35. The molecule has 1 aromatic carbocycles. The molecule has 0 unspecified atom stereocenters. The van der Waals surface area contributed by atoms with Crippen LogP contribution in [0.2, 0.25) is 0 Å². The van der Waals surface area contributed by atoms with Crippen LogP contribution in [0.5, 0.6) is 5.75 Å². The molecule has 1 saturated heterocycles. The fourth-order valence-electron chi connectivity index (χ4n) is 3.01. The van der Waals surface area contributed by atoms with Gasteiger partial charge >= 0.3 is 0 Å². The Balaban J connectivity index is 1.70. The summed E-state index contributed by atoms with van der Waals surface area (Å²) in [7, 11) is 0. The largest absolute Gasteiger partial charge is 0.493 e. The quantitative estimate of drug-likeness (QED) is 0.804. The molecule has 0 spiro atoms. The molecule has 6 heteroatoms. The third-order valence-electron chi connectivity index (χ3n) is 4.67. The van der Waals surface area contributed by atoms with Crippen LogP contribution in [0.1, 0.15) is 31.4 Å². The maximum absolute atomic E-state index is 12.4. The number of piperazine rings is 1. The molecule has 26 heavy (non-hydrogen) atoms. The van der Waals surface area contributed by atoms with Crippen LogP contribution in [0.25, 0.3) is 0 Å². The Morgan fingerprint density at radius 1 is 1.15 bits per heavy atom. The predicted molar refractivity (Wildman–Crippen MR) is 102 cm³/mol. The fraction of sp³-hybridized carbons (Fsp3) is 0.600. The Morgan fingerprint density at radius 3 is 2.50 bits per heavy atom. The molecule has 1 aliphatic rings. The van der Waals surface area contributed by atoms with Crippen molar-refractivity contribution in [2.24, 2.45) is 0 Å². The van der Waals surface area contributed by atoms with E-state index in [1.807, 2.05) is 50.8 Å². The number of rotatable bonds is 7. The molecule has 0 radical (unpaired) electrons. The third-order valence-corrected chi connectivity index (χ3v) is 4.67. The number of nitrogens with one attached hydrogen (secondary N) is 1. The van der Waals surface area contributed by atoms with Gasteiger partial charge in [0.05, 0.1) is 19.6 Å². The van der Waals surface area contributed by atoms with Crippen molar-refractivity contribution >= 4 is 11.8 Å². The molecule has 0 bridgehead atoms. The summed E-state index contributed by atoms with van der Waals surface area (Å²) in [6.45, 7) is 11.6. The van der Waals surface area contributed by atoms with E-state index in [1.54, 1.807) is 0 Å². The van der Waals surface area contributed by atoms with Gasteiger partial charge in [-0.1, -0.05) is 12.1 Å². The van der Waals surface area contributed by atoms with Crippen LogP contribution in [0, 0.1) is 13.8 Å². The molecule has 1 aliphatic heterocycles. The van der Waals surface area contributed by atoms with Crippen LogP contribution in [-0.4, -0.2) is 67.0 Å². The van der Waals surface area contributed by atoms with Crippen LogP contribution in [0.15, 0.2) is 18.2 Å². The van der Waals surface area contributed by atoms with E-state index in [-0.39, 0.29) is 17.9 Å². The number of aryl methyl sites for hydroxylation is 1. The normalized spacial score (nSPS) is 15.2. The van der Waals surface area contributed by atoms with Gasteiger partial charge in [0, 0.05) is 32.2 Å². The molecule has 1 fully saturated rings. The number of amides is 2. The van der Waals surface area contributed by atoms with E-state index in [1.165, 1.54) is 5.56 Å². The van der Waals surface area contributed by atoms with E-state index in [0.29, 0.717) is 32.7 Å². The molecule has 6 nitrogen and oxygen atoms in total. The molecule has 1 aromatic rings.